The second-order valence-electron chi connectivity index (χ2n) is 6.31. The molecule has 1 aliphatic heterocycles. The molecule has 1 aliphatic rings. The number of aliphatic hydroxyl groups excluding tert-OH is 1. The molecule has 1 aromatic rings. The fourth-order valence-corrected chi connectivity index (χ4v) is 2.30. The predicted molar refractivity (Wildman–Crippen MR) is 75.7 cm³/mol. The molecule has 0 saturated heterocycles. The van der Waals surface area contributed by atoms with E-state index < -0.39 is 6.10 Å². The maximum absolute atomic E-state index is 10.1. The summed E-state index contributed by atoms with van der Waals surface area (Å²) in [5, 5.41) is 10.1. The van der Waals surface area contributed by atoms with Crippen molar-refractivity contribution in [3.8, 4) is 11.5 Å². The number of benzene rings is 1. The van der Waals surface area contributed by atoms with Crippen molar-refractivity contribution in [3.05, 3.63) is 23.8 Å². The van der Waals surface area contributed by atoms with Crippen LogP contribution in [0.1, 0.15) is 52.2 Å². The molecule has 3 heteroatoms. The first kappa shape index (κ1) is 14.2. The number of hydrogen-bond acceptors (Lipinski definition) is 3. The molecule has 106 valence electrons. The summed E-state index contributed by atoms with van der Waals surface area (Å²) < 4.78 is 11.6. The second-order valence-corrected chi connectivity index (χ2v) is 6.31. The highest BCUT2D eigenvalue weighted by atomic mass is 16.5. The molecule has 0 aromatic heterocycles. The van der Waals surface area contributed by atoms with Crippen LogP contribution in [0.5, 0.6) is 11.5 Å². The number of aliphatic hydroxyl groups is 1. The summed E-state index contributed by atoms with van der Waals surface area (Å²) >= 11 is 0. The van der Waals surface area contributed by atoms with E-state index in [2.05, 4.69) is 13.8 Å². The minimum Gasteiger partial charge on any atom is -0.493 e. The van der Waals surface area contributed by atoms with Gasteiger partial charge < -0.3 is 14.6 Å². The molecule has 1 heterocycles. The number of ether oxygens (including phenoxy) is 2. The third kappa shape index (κ3) is 3.63. The van der Waals surface area contributed by atoms with Gasteiger partial charge in [-0.2, -0.15) is 0 Å². The first-order valence-corrected chi connectivity index (χ1v) is 7.01. The van der Waals surface area contributed by atoms with Crippen molar-refractivity contribution >= 4 is 0 Å². The largest absolute Gasteiger partial charge is 0.493 e. The molecular weight excluding hydrogens is 240 g/mol. The van der Waals surface area contributed by atoms with Gasteiger partial charge in [-0.3, -0.25) is 0 Å². The van der Waals surface area contributed by atoms with Crippen molar-refractivity contribution in [3.63, 3.8) is 0 Å². The Kier molecular flexibility index (Phi) is 4.04. The van der Waals surface area contributed by atoms with E-state index in [0.717, 1.165) is 23.5 Å². The molecule has 0 spiro atoms. The van der Waals surface area contributed by atoms with Gasteiger partial charge in [-0.05, 0) is 38.3 Å². The number of rotatable bonds is 4. The summed E-state index contributed by atoms with van der Waals surface area (Å²) in [5.41, 5.74) is 0.527. The highest BCUT2D eigenvalue weighted by Crippen LogP contribution is 2.41. The Labute approximate surface area is 115 Å². The van der Waals surface area contributed by atoms with E-state index in [0.29, 0.717) is 18.9 Å². The topological polar surface area (TPSA) is 38.7 Å². The molecule has 0 radical (unpaired) electrons. The molecule has 1 N–H and O–H groups in total. The zero-order valence-electron chi connectivity index (χ0n) is 12.3. The van der Waals surface area contributed by atoms with E-state index in [9.17, 15) is 5.11 Å². The van der Waals surface area contributed by atoms with Crippen LogP contribution in [-0.4, -0.2) is 17.3 Å². The van der Waals surface area contributed by atoms with E-state index in [1.807, 2.05) is 32.0 Å². The fraction of sp³-hybridized carbons (Fsp3) is 0.625. The summed E-state index contributed by atoms with van der Waals surface area (Å²) in [4.78, 5) is 0. The standard InChI is InChI=1S/C16H24O3/c1-11(2)7-8-18-12-5-6-13-14(17)10-16(3,4)19-15(13)9-12/h5-6,9,11,14,17H,7-8,10H2,1-4H3. The lowest BCUT2D eigenvalue weighted by atomic mass is 9.92. The Morgan fingerprint density at radius 3 is 2.84 bits per heavy atom. The van der Waals surface area contributed by atoms with Gasteiger partial charge in [0.05, 0.1) is 12.7 Å². The Balaban J connectivity index is 2.10. The van der Waals surface area contributed by atoms with Gasteiger partial charge >= 0.3 is 0 Å². The zero-order valence-corrected chi connectivity index (χ0v) is 12.3. The van der Waals surface area contributed by atoms with Crippen molar-refractivity contribution in [2.45, 2.75) is 52.2 Å². The fourth-order valence-electron chi connectivity index (χ4n) is 2.30. The molecular formula is C16H24O3. The average Bonchev–Trinajstić information content (AvgIpc) is 2.26. The summed E-state index contributed by atoms with van der Waals surface area (Å²) in [6.07, 6.45) is 1.20. The van der Waals surface area contributed by atoms with Gasteiger partial charge in [0, 0.05) is 18.1 Å². The Bertz CT molecular complexity index is 438. The molecule has 0 saturated carbocycles. The Hall–Kier alpha value is -1.22. The number of hydrogen-bond donors (Lipinski definition) is 1. The van der Waals surface area contributed by atoms with E-state index in [-0.39, 0.29) is 5.60 Å². The lowest BCUT2D eigenvalue weighted by molar-refractivity contribution is 0.0113. The van der Waals surface area contributed by atoms with Crippen LogP contribution in [0.4, 0.5) is 0 Å². The zero-order chi connectivity index (χ0) is 14.0. The molecule has 3 nitrogen and oxygen atoms in total. The lowest BCUT2D eigenvalue weighted by Gasteiger charge is -2.35. The quantitative estimate of drug-likeness (QED) is 0.901. The van der Waals surface area contributed by atoms with E-state index in [1.165, 1.54) is 0 Å². The predicted octanol–water partition coefficient (Wildman–Crippen LogP) is 3.71. The maximum Gasteiger partial charge on any atom is 0.129 e. The third-order valence-electron chi connectivity index (χ3n) is 3.38. The maximum atomic E-state index is 10.1. The summed E-state index contributed by atoms with van der Waals surface area (Å²) in [6.45, 7) is 9.05. The van der Waals surface area contributed by atoms with Gasteiger partial charge in [-0.25, -0.2) is 0 Å². The third-order valence-corrected chi connectivity index (χ3v) is 3.38. The molecule has 19 heavy (non-hydrogen) atoms. The summed E-state index contributed by atoms with van der Waals surface area (Å²) in [5.74, 6) is 2.18. The minimum atomic E-state index is -0.455. The van der Waals surface area contributed by atoms with Gasteiger partial charge in [0.2, 0.25) is 0 Å². The molecule has 2 rings (SSSR count). The van der Waals surface area contributed by atoms with Crippen molar-refractivity contribution in [2.75, 3.05) is 6.61 Å². The van der Waals surface area contributed by atoms with Crippen LogP contribution in [0.3, 0.4) is 0 Å². The average molecular weight is 264 g/mol. The highest BCUT2D eigenvalue weighted by Gasteiger charge is 2.32. The van der Waals surface area contributed by atoms with Gasteiger partial charge in [0.15, 0.2) is 0 Å². The van der Waals surface area contributed by atoms with Crippen molar-refractivity contribution in [1.82, 2.24) is 0 Å². The van der Waals surface area contributed by atoms with Gasteiger partial charge in [0.1, 0.15) is 17.1 Å². The number of fused-ring (bicyclic) bond motifs is 1. The first-order chi connectivity index (χ1) is 8.87. The smallest absolute Gasteiger partial charge is 0.129 e. The van der Waals surface area contributed by atoms with Crippen LogP contribution in [0.25, 0.3) is 0 Å². The normalized spacial score (nSPS) is 20.8. The second kappa shape index (κ2) is 5.41. The first-order valence-electron chi connectivity index (χ1n) is 7.01. The van der Waals surface area contributed by atoms with Crippen molar-refractivity contribution in [2.24, 2.45) is 5.92 Å². The van der Waals surface area contributed by atoms with Crippen molar-refractivity contribution in [1.29, 1.82) is 0 Å². The SMILES string of the molecule is CC(C)CCOc1ccc2c(c1)OC(C)(C)CC2O. The van der Waals surface area contributed by atoms with Crippen molar-refractivity contribution < 1.29 is 14.6 Å². The van der Waals surface area contributed by atoms with Gasteiger partial charge in [0.25, 0.3) is 0 Å². The molecule has 0 bridgehead atoms. The Morgan fingerprint density at radius 2 is 2.16 bits per heavy atom. The monoisotopic (exact) mass is 264 g/mol. The van der Waals surface area contributed by atoms with Crippen LogP contribution in [0, 0.1) is 5.92 Å². The van der Waals surface area contributed by atoms with E-state index in [1.54, 1.807) is 0 Å². The molecule has 0 aliphatic carbocycles. The summed E-state index contributed by atoms with van der Waals surface area (Å²) in [7, 11) is 0. The van der Waals surface area contributed by atoms with Crippen LogP contribution < -0.4 is 9.47 Å². The van der Waals surface area contributed by atoms with Crippen LogP contribution in [-0.2, 0) is 0 Å². The molecule has 1 aromatic carbocycles. The lowest BCUT2D eigenvalue weighted by Crippen LogP contribution is -2.34. The Morgan fingerprint density at radius 1 is 1.42 bits per heavy atom. The van der Waals surface area contributed by atoms with Crippen LogP contribution in [0.2, 0.25) is 0 Å². The van der Waals surface area contributed by atoms with E-state index in [4.69, 9.17) is 9.47 Å². The molecule has 1 atom stereocenters. The molecule has 1 unspecified atom stereocenters. The highest BCUT2D eigenvalue weighted by molar-refractivity contribution is 5.43. The van der Waals surface area contributed by atoms with Gasteiger partial charge in [-0.1, -0.05) is 13.8 Å². The molecule has 0 amide bonds. The molecule has 0 fully saturated rings. The van der Waals surface area contributed by atoms with Crippen LogP contribution >= 0.6 is 0 Å². The van der Waals surface area contributed by atoms with E-state index >= 15 is 0 Å². The van der Waals surface area contributed by atoms with Gasteiger partial charge in [-0.15, -0.1) is 0 Å². The minimum absolute atomic E-state index is 0.330. The summed E-state index contributed by atoms with van der Waals surface area (Å²) in [6, 6.07) is 5.70. The van der Waals surface area contributed by atoms with Crippen LogP contribution in [0.15, 0.2) is 18.2 Å².